The number of halogens is 2. The van der Waals surface area contributed by atoms with Crippen molar-refractivity contribution in [2.45, 2.75) is 36.6 Å². The van der Waals surface area contributed by atoms with E-state index in [0.29, 0.717) is 12.8 Å². The van der Waals surface area contributed by atoms with E-state index in [0.717, 1.165) is 4.48 Å². The largest absolute Gasteiger partial charge is 0.459 e. The van der Waals surface area contributed by atoms with E-state index in [2.05, 4.69) is 26.2 Å². The molecule has 0 aliphatic carbocycles. The zero-order valence-electron chi connectivity index (χ0n) is 16.4. The van der Waals surface area contributed by atoms with Gasteiger partial charge in [0.25, 0.3) is 0 Å². The van der Waals surface area contributed by atoms with Crippen molar-refractivity contribution >= 4 is 5.97 Å². The number of ether oxygens (including phenoxy) is 1. The van der Waals surface area contributed by atoms with Gasteiger partial charge in [0.15, 0.2) is 0 Å². The molecule has 29 heavy (non-hydrogen) atoms. The zero-order valence-corrected chi connectivity index (χ0v) is 16.4. The van der Waals surface area contributed by atoms with Gasteiger partial charge in [-0.25, -0.2) is 13.6 Å². The molecular formula is C23H24F2NO3+. The maximum absolute atomic E-state index is 13.4. The summed E-state index contributed by atoms with van der Waals surface area (Å²) < 4.78 is 33.4. The van der Waals surface area contributed by atoms with Crippen molar-refractivity contribution in [3.8, 4) is 0 Å². The number of hydrogen-bond acceptors (Lipinski definition) is 3. The van der Waals surface area contributed by atoms with Crippen LogP contribution in [0.3, 0.4) is 0 Å². The number of carbonyl (C=O) groups is 1. The minimum atomic E-state index is -2.16. The second kappa shape index (κ2) is 7.04. The van der Waals surface area contributed by atoms with E-state index in [1.54, 1.807) is 0 Å². The topological polar surface area (TPSA) is 46.5 Å². The molecule has 0 aromatic heterocycles. The molecule has 6 heteroatoms. The number of likely N-dealkylation sites (N-methyl/N-ethyl adjacent to an activating group) is 1. The van der Waals surface area contributed by atoms with Crippen LogP contribution in [0.4, 0.5) is 8.78 Å². The van der Waals surface area contributed by atoms with Crippen molar-refractivity contribution in [1.29, 1.82) is 0 Å². The number of piperidine rings is 1. The van der Waals surface area contributed by atoms with Gasteiger partial charge in [0, 0.05) is 12.8 Å². The van der Waals surface area contributed by atoms with E-state index in [9.17, 15) is 18.7 Å². The number of fused-ring (bicyclic) bond motifs is 2. The molecule has 2 aliphatic heterocycles. The summed E-state index contributed by atoms with van der Waals surface area (Å²) in [6.45, 7) is 0. The second-order valence-electron chi connectivity index (χ2n) is 8.37. The molecule has 2 aromatic carbocycles. The Morgan fingerprint density at radius 1 is 0.931 bits per heavy atom. The van der Waals surface area contributed by atoms with E-state index < -0.39 is 23.2 Å². The number of benzene rings is 2. The fourth-order valence-corrected chi connectivity index (χ4v) is 4.40. The highest BCUT2D eigenvalue weighted by molar-refractivity contribution is 5.85. The molecular weight excluding hydrogens is 376 g/mol. The van der Waals surface area contributed by atoms with Gasteiger partial charge in [0.1, 0.15) is 29.8 Å². The number of quaternary nitrogens is 1. The lowest BCUT2D eigenvalue weighted by Gasteiger charge is -2.44. The van der Waals surface area contributed by atoms with Crippen LogP contribution in [-0.4, -0.2) is 47.8 Å². The maximum atomic E-state index is 13.4. The standard InChI is InChI=1S/C23H24F2NO3/c1-26(2)19-11-12-20(26)14-21(13-19)29-22(27)23(28,15-3-7-17(24)8-4-15)16-5-9-18(25)10-6-16/h3-12,19-21,28H,13-14H2,1-2H3/q+1. The van der Waals surface area contributed by atoms with Gasteiger partial charge in [-0.1, -0.05) is 24.3 Å². The van der Waals surface area contributed by atoms with E-state index in [1.807, 2.05) is 0 Å². The van der Waals surface area contributed by atoms with Crippen molar-refractivity contribution in [3.05, 3.63) is 83.4 Å². The summed E-state index contributed by atoms with van der Waals surface area (Å²) in [4.78, 5) is 13.2. The first-order chi connectivity index (χ1) is 13.7. The van der Waals surface area contributed by atoms with Gasteiger partial charge in [-0.2, -0.15) is 0 Å². The Hall–Kier alpha value is -2.57. The van der Waals surface area contributed by atoms with Crippen LogP contribution in [0.1, 0.15) is 24.0 Å². The average molecular weight is 400 g/mol. The van der Waals surface area contributed by atoms with Crippen molar-refractivity contribution in [2.75, 3.05) is 14.1 Å². The Balaban J connectivity index is 1.64. The number of nitrogens with zero attached hydrogens (tertiary/aromatic N) is 1. The molecule has 0 spiro atoms. The first kappa shape index (κ1) is 19.7. The number of rotatable bonds is 4. The van der Waals surface area contributed by atoms with Gasteiger partial charge in [-0.05, 0) is 47.5 Å². The molecule has 2 aromatic rings. The Morgan fingerprint density at radius 2 is 1.34 bits per heavy atom. The summed E-state index contributed by atoms with van der Waals surface area (Å²) in [6.07, 6.45) is 5.30. The third kappa shape index (κ3) is 3.36. The van der Waals surface area contributed by atoms with Gasteiger partial charge in [0.2, 0.25) is 5.60 Å². The van der Waals surface area contributed by atoms with Crippen LogP contribution in [0.2, 0.25) is 0 Å². The number of esters is 1. The molecule has 2 bridgehead atoms. The lowest BCUT2D eigenvalue weighted by atomic mass is 9.86. The summed E-state index contributed by atoms with van der Waals surface area (Å²) in [5.41, 5.74) is -1.82. The highest BCUT2D eigenvalue weighted by Crippen LogP contribution is 2.38. The molecule has 4 nitrogen and oxygen atoms in total. The van der Waals surface area contributed by atoms with Crippen LogP contribution in [-0.2, 0) is 15.1 Å². The fraction of sp³-hybridized carbons (Fsp3) is 0.348. The Morgan fingerprint density at radius 3 is 1.76 bits per heavy atom. The molecule has 1 saturated heterocycles. The van der Waals surface area contributed by atoms with E-state index in [1.165, 1.54) is 48.5 Å². The SMILES string of the molecule is C[N+]1(C)C2C=CC1CC(OC(=O)C(O)(c1ccc(F)cc1)c1ccc(F)cc1)C2. The molecule has 0 radical (unpaired) electrons. The van der Waals surface area contributed by atoms with Crippen molar-refractivity contribution in [1.82, 2.24) is 0 Å². The molecule has 2 heterocycles. The molecule has 0 saturated carbocycles. The Bertz CT molecular complexity index is 874. The molecule has 2 atom stereocenters. The summed E-state index contributed by atoms with van der Waals surface area (Å²) in [5.74, 6) is -1.82. The first-order valence-corrected chi connectivity index (χ1v) is 9.68. The van der Waals surface area contributed by atoms with Crippen LogP contribution >= 0.6 is 0 Å². The predicted molar refractivity (Wildman–Crippen MR) is 104 cm³/mol. The summed E-state index contributed by atoms with van der Waals surface area (Å²) in [7, 11) is 4.31. The third-order valence-corrected chi connectivity index (χ3v) is 6.37. The van der Waals surface area contributed by atoms with Crippen LogP contribution in [0.25, 0.3) is 0 Å². The normalized spacial score (nSPS) is 25.1. The van der Waals surface area contributed by atoms with Gasteiger partial charge >= 0.3 is 5.97 Å². The first-order valence-electron chi connectivity index (χ1n) is 9.68. The van der Waals surface area contributed by atoms with Crippen molar-refractivity contribution in [3.63, 3.8) is 0 Å². The quantitative estimate of drug-likeness (QED) is 0.487. The van der Waals surface area contributed by atoms with Gasteiger partial charge < -0.3 is 14.3 Å². The van der Waals surface area contributed by atoms with Crippen LogP contribution in [0, 0.1) is 11.6 Å². The molecule has 4 rings (SSSR count). The van der Waals surface area contributed by atoms with Gasteiger partial charge in [-0.15, -0.1) is 0 Å². The predicted octanol–water partition coefficient (Wildman–Crippen LogP) is 3.29. The van der Waals surface area contributed by atoms with E-state index >= 15 is 0 Å². The molecule has 152 valence electrons. The van der Waals surface area contributed by atoms with Crippen LogP contribution in [0.15, 0.2) is 60.7 Å². The fourth-order valence-electron chi connectivity index (χ4n) is 4.40. The van der Waals surface area contributed by atoms with Gasteiger partial charge in [-0.3, -0.25) is 0 Å². The average Bonchev–Trinajstić information content (AvgIpc) is 2.85. The van der Waals surface area contributed by atoms with Crippen molar-refractivity contribution in [2.24, 2.45) is 0 Å². The Kier molecular flexibility index (Phi) is 4.79. The zero-order chi connectivity index (χ0) is 20.8. The smallest absolute Gasteiger partial charge is 0.347 e. The summed E-state index contributed by atoms with van der Waals surface area (Å²) in [5, 5.41) is 11.4. The molecule has 1 N–H and O–H groups in total. The molecule has 2 unspecified atom stereocenters. The molecule has 0 amide bonds. The second-order valence-corrected chi connectivity index (χ2v) is 8.37. The van der Waals surface area contributed by atoms with E-state index in [-0.39, 0.29) is 29.3 Å². The molecule has 1 fully saturated rings. The number of hydrogen-bond donors (Lipinski definition) is 1. The van der Waals surface area contributed by atoms with Crippen LogP contribution < -0.4 is 0 Å². The van der Waals surface area contributed by atoms with Gasteiger partial charge in [0.05, 0.1) is 14.1 Å². The lowest BCUT2D eigenvalue weighted by molar-refractivity contribution is -0.926. The number of carbonyl (C=O) groups excluding carboxylic acids is 1. The van der Waals surface area contributed by atoms with E-state index in [4.69, 9.17) is 4.74 Å². The minimum Gasteiger partial charge on any atom is -0.459 e. The minimum absolute atomic E-state index is 0.170. The van der Waals surface area contributed by atoms with Crippen molar-refractivity contribution < 1.29 is 27.9 Å². The summed E-state index contributed by atoms with van der Waals surface area (Å²) >= 11 is 0. The van der Waals surface area contributed by atoms with Crippen LogP contribution in [0.5, 0.6) is 0 Å². The summed E-state index contributed by atoms with van der Waals surface area (Å²) in [6, 6.07) is 10.5. The maximum Gasteiger partial charge on any atom is 0.347 e. The third-order valence-electron chi connectivity index (χ3n) is 6.37. The number of aliphatic hydroxyl groups is 1. The highest BCUT2D eigenvalue weighted by Gasteiger charge is 2.49. The Labute approximate surface area is 168 Å². The lowest BCUT2D eigenvalue weighted by Crippen LogP contribution is -2.57. The monoisotopic (exact) mass is 400 g/mol. The highest BCUT2D eigenvalue weighted by atomic mass is 19.1. The molecule has 2 aliphatic rings.